The predicted octanol–water partition coefficient (Wildman–Crippen LogP) is 0.444. The van der Waals surface area contributed by atoms with Gasteiger partial charge in [0.2, 0.25) is 0 Å². The first-order valence-corrected chi connectivity index (χ1v) is 6.72. The SMILES string of the molecule is NC(C(=O)O)c1csc(N2CCn3ccnc3C2)n1. The number of aromatic nitrogens is 3. The first kappa shape index (κ1) is 12.1. The zero-order chi connectivity index (χ0) is 13.4. The molecule has 8 heteroatoms. The predicted molar refractivity (Wildman–Crippen MR) is 70.0 cm³/mol. The summed E-state index contributed by atoms with van der Waals surface area (Å²) >= 11 is 1.41. The first-order chi connectivity index (χ1) is 9.15. The fraction of sp³-hybridized carbons (Fsp3) is 0.364. The van der Waals surface area contributed by atoms with Crippen LogP contribution in [0, 0.1) is 0 Å². The van der Waals surface area contributed by atoms with E-state index in [1.165, 1.54) is 11.3 Å². The summed E-state index contributed by atoms with van der Waals surface area (Å²) < 4.78 is 2.11. The summed E-state index contributed by atoms with van der Waals surface area (Å²) in [5, 5.41) is 11.4. The van der Waals surface area contributed by atoms with Gasteiger partial charge >= 0.3 is 5.97 Å². The third-order valence-corrected chi connectivity index (χ3v) is 4.03. The second-order valence-corrected chi connectivity index (χ2v) is 5.17. The molecule has 0 bridgehead atoms. The number of nitrogens with zero attached hydrogens (tertiary/aromatic N) is 4. The lowest BCUT2D eigenvalue weighted by Crippen LogP contribution is -2.33. The van der Waals surface area contributed by atoms with Gasteiger partial charge in [0.25, 0.3) is 0 Å². The highest BCUT2D eigenvalue weighted by atomic mass is 32.1. The van der Waals surface area contributed by atoms with E-state index >= 15 is 0 Å². The van der Waals surface area contributed by atoms with E-state index < -0.39 is 12.0 Å². The van der Waals surface area contributed by atoms with Gasteiger partial charge in [-0.2, -0.15) is 0 Å². The van der Waals surface area contributed by atoms with Crippen molar-refractivity contribution in [1.82, 2.24) is 14.5 Å². The summed E-state index contributed by atoms with van der Waals surface area (Å²) in [6, 6.07) is -1.06. The number of fused-ring (bicyclic) bond motifs is 1. The number of hydrogen-bond acceptors (Lipinski definition) is 6. The summed E-state index contributed by atoms with van der Waals surface area (Å²) in [6.07, 6.45) is 3.74. The number of carboxylic acids is 1. The van der Waals surface area contributed by atoms with Crippen molar-refractivity contribution in [2.75, 3.05) is 11.4 Å². The normalized spacial score (nSPS) is 16.2. The molecule has 19 heavy (non-hydrogen) atoms. The van der Waals surface area contributed by atoms with E-state index in [0.717, 1.165) is 24.0 Å². The molecule has 1 atom stereocenters. The highest BCUT2D eigenvalue weighted by Crippen LogP contribution is 2.26. The van der Waals surface area contributed by atoms with Crippen LogP contribution in [0.25, 0.3) is 0 Å². The summed E-state index contributed by atoms with van der Waals surface area (Å²) in [4.78, 5) is 21.5. The van der Waals surface area contributed by atoms with Crippen molar-refractivity contribution >= 4 is 22.4 Å². The zero-order valence-corrected chi connectivity index (χ0v) is 10.9. The Balaban J connectivity index is 1.79. The second kappa shape index (κ2) is 4.63. The molecule has 0 saturated carbocycles. The Morgan fingerprint density at radius 1 is 1.53 bits per heavy atom. The fourth-order valence-corrected chi connectivity index (χ4v) is 2.92. The first-order valence-electron chi connectivity index (χ1n) is 5.84. The van der Waals surface area contributed by atoms with E-state index in [1.54, 1.807) is 11.6 Å². The van der Waals surface area contributed by atoms with E-state index in [9.17, 15) is 4.79 Å². The molecule has 0 saturated heterocycles. The van der Waals surface area contributed by atoms with Crippen molar-refractivity contribution in [3.05, 3.63) is 29.3 Å². The number of thiazole rings is 1. The Morgan fingerprint density at radius 2 is 2.37 bits per heavy atom. The van der Waals surface area contributed by atoms with Gasteiger partial charge in [-0.25, -0.2) is 9.97 Å². The Morgan fingerprint density at radius 3 is 3.16 bits per heavy atom. The summed E-state index contributed by atoms with van der Waals surface area (Å²) in [7, 11) is 0. The van der Waals surface area contributed by atoms with Crippen molar-refractivity contribution in [2.45, 2.75) is 19.1 Å². The molecular weight excluding hydrogens is 266 g/mol. The molecule has 0 aromatic carbocycles. The molecule has 1 aliphatic heterocycles. The second-order valence-electron chi connectivity index (χ2n) is 4.33. The molecule has 7 nitrogen and oxygen atoms in total. The molecule has 2 aromatic heterocycles. The minimum atomic E-state index is -1.06. The molecule has 1 unspecified atom stereocenters. The lowest BCUT2D eigenvalue weighted by atomic mass is 10.2. The number of carbonyl (C=O) groups is 1. The number of carboxylic acid groups (broad SMARTS) is 1. The van der Waals surface area contributed by atoms with Crippen LogP contribution < -0.4 is 10.6 Å². The summed E-state index contributed by atoms with van der Waals surface area (Å²) in [5.74, 6) is -0.0726. The Kier molecular flexibility index (Phi) is 2.96. The number of rotatable bonds is 3. The molecule has 3 rings (SSSR count). The van der Waals surface area contributed by atoms with E-state index in [4.69, 9.17) is 10.8 Å². The molecule has 0 fully saturated rings. The average Bonchev–Trinajstić information content (AvgIpc) is 3.05. The average molecular weight is 279 g/mol. The van der Waals surface area contributed by atoms with Crippen LogP contribution >= 0.6 is 11.3 Å². The lowest BCUT2D eigenvalue weighted by Gasteiger charge is -2.27. The molecule has 100 valence electrons. The summed E-state index contributed by atoms with van der Waals surface area (Å²) in [5.41, 5.74) is 5.95. The van der Waals surface area contributed by atoms with Gasteiger partial charge in [-0.15, -0.1) is 11.3 Å². The molecule has 0 spiro atoms. The third kappa shape index (κ3) is 2.20. The Labute approximate surface area is 113 Å². The Bertz CT molecular complexity index is 608. The monoisotopic (exact) mass is 279 g/mol. The standard InChI is InChI=1S/C11H13N5O2S/c12-9(10(17)18)7-6-19-11(14-7)16-4-3-15-2-1-13-8(15)5-16/h1-2,6,9H,3-5,12H2,(H,17,18). The topological polar surface area (TPSA) is 97.3 Å². The van der Waals surface area contributed by atoms with Crippen LogP contribution in [0.5, 0.6) is 0 Å². The molecule has 1 aliphatic rings. The quantitative estimate of drug-likeness (QED) is 0.846. The maximum Gasteiger partial charge on any atom is 0.326 e. The van der Waals surface area contributed by atoms with Crippen molar-refractivity contribution in [1.29, 1.82) is 0 Å². The number of aliphatic carboxylic acids is 1. The van der Waals surface area contributed by atoms with Crippen LogP contribution in [0.3, 0.4) is 0 Å². The van der Waals surface area contributed by atoms with Crippen molar-refractivity contribution < 1.29 is 9.90 Å². The number of nitrogens with two attached hydrogens (primary N) is 1. The van der Waals surface area contributed by atoms with Crippen LogP contribution in [0.1, 0.15) is 17.6 Å². The lowest BCUT2D eigenvalue weighted by molar-refractivity contribution is -0.138. The molecular formula is C11H13N5O2S. The number of anilines is 1. The highest BCUT2D eigenvalue weighted by Gasteiger charge is 2.22. The third-order valence-electron chi connectivity index (χ3n) is 3.11. The number of hydrogen-bond donors (Lipinski definition) is 2. The number of imidazole rings is 1. The maximum atomic E-state index is 10.8. The van der Waals surface area contributed by atoms with Crippen LogP contribution in [0.4, 0.5) is 5.13 Å². The summed E-state index contributed by atoms with van der Waals surface area (Å²) in [6.45, 7) is 2.37. The minimum absolute atomic E-state index is 0.404. The molecule has 0 radical (unpaired) electrons. The van der Waals surface area contributed by atoms with E-state index in [2.05, 4.69) is 19.4 Å². The van der Waals surface area contributed by atoms with Crippen LogP contribution in [-0.4, -0.2) is 32.2 Å². The van der Waals surface area contributed by atoms with Crippen LogP contribution in [-0.2, 0) is 17.9 Å². The molecule has 0 aliphatic carbocycles. The minimum Gasteiger partial charge on any atom is -0.480 e. The van der Waals surface area contributed by atoms with E-state index in [1.807, 2.05) is 6.20 Å². The van der Waals surface area contributed by atoms with Gasteiger partial charge in [0, 0.05) is 30.9 Å². The van der Waals surface area contributed by atoms with Crippen molar-refractivity contribution in [3.8, 4) is 0 Å². The van der Waals surface area contributed by atoms with Gasteiger partial charge in [-0.05, 0) is 0 Å². The Hall–Kier alpha value is -1.93. The highest BCUT2D eigenvalue weighted by molar-refractivity contribution is 7.13. The van der Waals surface area contributed by atoms with Gasteiger partial charge < -0.3 is 20.3 Å². The largest absolute Gasteiger partial charge is 0.480 e. The van der Waals surface area contributed by atoms with Crippen LogP contribution in [0.2, 0.25) is 0 Å². The van der Waals surface area contributed by atoms with E-state index in [-0.39, 0.29) is 0 Å². The van der Waals surface area contributed by atoms with Gasteiger partial charge in [0.05, 0.1) is 12.2 Å². The van der Waals surface area contributed by atoms with Gasteiger partial charge in [0.15, 0.2) is 5.13 Å². The fourth-order valence-electron chi connectivity index (χ4n) is 2.03. The zero-order valence-electron chi connectivity index (χ0n) is 10.1. The maximum absolute atomic E-state index is 10.8. The molecule has 2 aromatic rings. The van der Waals surface area contributed by atoms with Gasteiger partial charge in [-0.1, -0.05) is 0 Å². The van der Waals surface area contributed by atoms with Crippen LogP contribution in [0.15, 0.2) is 17.8 Å². The van der Waals surface area contributed by atoms with Crippen molar-refractivity contribution in [2.24, 2.45) is 5.73 Å². The van der Waals surface area contributed by atoms with Gasteiger partial charge in [-0.3, -0.25) is 4.79 Å². The smallest absolute Gasteiger partial charge is 0.326 e. The van der Waals surface area contributed by atoms with Crippen molar-refractivity contribution in [3.63, 3.8) is 0 Å². The van der Waals surface area contributed by atoms with Gasteiger partial charge in [0.1, 0.15) is 11.9 Å². The molecule has 0 amide bonds. The van der Waals surface area contributed by atoms with E-state index in [0.29, 0.717) is 12.2 Å². The molecule has 3 N–H and O–H groups in total. The molecule has 3 heterocycles.